The Kier molecular flexibility index (Phi) is 5.18. The molecule has 1 aromatic carbocycles. The van der Waals surface area contributed by atoms with Crippen molar-refractivity contribution in [3.05, 3.63) is 30.3 Å². The SMILES string of the molecule is CCC(CC(C)(C)Sc1nnnn1-c1ccccc1)C(N)=O. The molecule has 1 heterocycles. The lowest BCUT2D eigenvalue weighted by Crippen LogP contribution is -2.29. The number of rotatable bonds is 7. The smallest absolute Gasteiger partial charge is 0.220 e. The number of amides is 1. The molecule has 0 saturated carbocycles. The highest BCUT2D eigenvalue weighted by Gasteiger charge is 2.29. The van der Waals surface area contributed by atoms with Gasteiger partial charge in [-0.3, -0.25) is 4.79 Å². The molecule has 118 valence electrons. The number of tetrazole rings is 1. The molecule has 1 aromatic heterocycles. The second-order valence-corrected chi connectivity index (χ2v) is 7.46. The molecule has 0 fully saturated rings. The normalized spacial score (nSPS) is 13.0. The molecule has 0 radical (unpaired) electrons. The topological polar surface area (TPSA) is 86.7 Å². The Bertz CT molecular complexity index is 626. The van der Waals surface area contributed by atoms with Crippen molar-refractivity contribution in [2.75, 3.05) is 0 Å². The summed E-state index contributed by atoms with van der Waals surface area (Å²) in [6, 6.07) is 9.73. The Hall–Kier alpha value is -1.89. The number of hydrogen-bond donors (Lipinski definition) is 1. The predicted octanol–water partition coefficient (Wildman–Crippen LogP) is 2.43. The third-order valence-electron chi connectivity index (χ3n) is 3.44. The van der Waals surface area contributed by atoms with Gasteiger partial charge in [-0.25, -0.2) is 0 Å². The Morgan fingerprint density at radius 1 is 1.36 bits per heavy atom. The van der Waals surface area contributed by atoms with Crippen molar-refractivity contribution < 1.29 is 4.79 Å². The number of nitrogens with two attached hydrogens (primary N) is 1. The average molecular weight is 319 g/mol. The summed E-state index contributed by atoms with van der Waals surface area (Å²) in [5.41, 5.74) is 6.36. The highest BCUT2D eigenvalue weighted by molar-refractivity contribution is 8.00. The lowest BCUT2D eigenvalue weighted by atomic mass is 9.94. The van der Waals surface area contributed by atoms with E-state index < -0.39 is 0 Å². The van der Waals surface area contributed by atoms with Crippen LogP contribution >= 0.6 is 11.8 Å². The van der Waals surface area contributed by atoms with E-state index in [0.717, 1.165) is 12.1 Å². The van der Waals surface area contributed by atoms with Crippen LogP contribution in [0.4, 0.5) is 0 Å². The first-order valence-electron chi connectivity index (χ1n) is 7.25. The molecule has 0 spiro atoms. The van der Waals surface area contributed by atoms with Crippen molar-refractivity contribution in [1.29, 1.82) is 0 Å². The molecule has 0 aliphatic carbocycles. The van der Waals surface area contributed by atoms with Gasteiger partial charge in [-0.2, -0.15) is 4.68 Å². The van der Waals surface area contributed by atoms with Crippen molar-refractivity contribution in [3.63, 3.8) is 0 Å². The van der Waals surface area contributed by atoms with Gasteiger partial charge in [-0.05, 0) is 35.4 Å². The van der Waals surface area contributed by atoms with Crippen LogP contribution in [0.2, 0.25) is 0 Å². The summed E-state index contributed by atoms with van der Waals surface area (Å²) >= 11 is 1.55. The van der Waals surface area contributed by atoms with E-state index in [1.807, 2.05) is 37.3 Å². The third-order valence-corrected chi connectivity index (χ3v) is 4.60. The molecule has 2 N–H and O–H groups in total. The zero-order chi connectivity index (χ0) is 16.2. The number of nitrogens with zero attached hydrogens (tertiary/aromatic N) is 4. The maximum absolute atomic E-state index is 11.5. The van der Waals surface area contributed by atoms with Gasteiger partial charge in [0.05, 0.1) is 5.69 Å². The van der Waals surface area contributed by atoms with E-state index in [9.17, 15) is 4.79 Å². The van der Waals surface area contributed by atoms with Crippen LogP contribution in [0, 0.1) is 5.92 Å². The standard InChI is InChI=1S/C15H21N5OS/c1-4-11(13(16)21)10-15(2,3)22-14-17-18-19-20(14)12-8-6-5-7-9-12/h5-9,11H,4,10H2,1-3H3,(H2,16,21). The molecule has 1 atom stereocenters. The Balaban J connectivity index is 2.17. The molecule has 7 heteroatoms. The number of thioether (sulfide) groups is 1. The number of aromatic nitrogens is 4. The second kappa shape index (κ2) is 6.91. The third kappa shape index (κ3) is 4.07. The van der Waals surface area contributed by atoms with E-state index in [0.29, 0.717) is 11.6 Å². The fourth-order valence-electron chi connectivity index (χ4n) is 2.30. The minimum atomic E-state index is -0.251. The maximum Gasteiger partial charge on any atom is 0.220 e. The van der Waals surface area contributed by atoms with Crippen molar-refractivity contribution >= 4 is 17.7 Å². The minimum Gasteiger partial charge on any atom is -0.369 e. The summed E-state index contributed by atoms with van der Waals surface area (Å²) in [5, 5.41) is 12.6. The molecule has 22 heavy (non-hydrogen) atoms. The number of benzene rings is 1. The van der Waals surface area contributed by atoms with E-state index in [-0.39, 0.29) is 16.6 Å². The van der Waals surface area contributed by atoms with Crippen LogP contribution in [0.15, 0.2) is 35.5 Å². The minimum absolute atomic E-state index is 0.136. The van der Waals surface area contributed by atoms with Crippen LogP contribution in [0.1, 0.15) is 33.6 Å². The Labute approximate surface area is 134 Å². The number of para-hydroxylation sites is 1. The van der Waals surface area contributed by atoms with Gasteiger partial charge in [0.25, 0.3) is 0 Å². The predicted molar refractivity (Wildman–Crippen MR) is 86.7 cm³/mol. The summed E-state index contributed by atoms with van der Waals surface area (Å²) in [7, 11) is 0. The van der Waals surface area contributed by atoms with Crippen LogP contribution < -0.4 is 5.73 Å². The summed E-state index contributed by atoms with van der Waals surface area (Å²) in [5.74, 6) is -0.387. The Morgan fingerprint density at radius 2 is 2.05 bits per heavy atom. The monoisotopic (exact) mass is 319 g/mol. The van der Waals surface area contributed by atoms with Crippen LogP contribution in [-0.4, -0.2) is 30.9 Å². The Morgan fingerprint density at radius 3 is 2.64 bits per heavy atom. The molecular formula is C15H21N5OS. The first-order valence-corrected chi connectivity index (χ1v) is 8.06. The van der Waals surface area contributed by atoms with Gasteiger partial charge in [0.2, 0.25) is 11.1 Å². The second-order valence-electron chi connectivity index (χ2n) is 5.78. The fourth-order valence-corrected chi connectivity index (χ4v) is 3.39. The van der Waals surface area contributed by atoms with E-state index in [4.69, 9.17) is 5.73 Å². The highest BCUT2D eigenvalue weighted by Crippen LogP contribution is 2.37. The fraction of sp³-hybridized carbons (Fsp3) is 0.467. The lowest BCUT2D eigenvalue weighted by Gasteiger charge is -2.26. The molecule has 2 rings (SSSR count). The van der Waals surface area contributed by atoms with Gasteiger partial charge in [-0.15, -0.1) is 5.10 Å². The van der Waals surface area contributed by atoms with Crippen LogP contribution in [0.5, 0.6) is 0 Å². The van der Waals surface area contributed by atoms with Gasteiger partial charge in [0, 0.05) is 10.7 Å². The first-order chi connectivity index (χ1) is 10.4. The van der Waals surface area contributed by atoms with Gasteiger partial charge in [0.15, 0.2) is 0 Å². The average Bonchev–Trinajstić information content (AvgIpc) is 2.92. The molecule has 1 unspecified atom stereocenters. The highest BCUT2D eigenvalue weighted by atomic mass is 32.2. The molecule has 0 aliphatic heterocycles. The molecule has 1 amide bonds. The van der Waals surface area contributed by atoms with Gasteiger partial charge in [0.1, 0.15) is 0 Å². The largest absolute Gasteiger partial charge is 0.369 e. The summed E-state index contributed by atoms with van der Waals surface area (Å²) in [6.45, 7) is 6.13. The van der Waals surface area contributed by atoms with Crippen molar-refractivity contribution in [2.24, 2.45) is 11.7 Å². The van der Waals surface area contributed by atoms with Crippen LogP contribution in [0.25, 0.3) is 5.69 Å². The van der Waals surface area contributed by atoms with Crippen molar-refractivity contribution in [2.45, 2.75) is 43.5 Å². The molecule has 0 saturated heterocycles. The quantitative estimate of drug-likeness (QED) is 0.792. The number of hydrogen-bond acceptors (Lipinski definition) is 5. The zero-order valence-corrected chi connectivity index (χ0v) is 13.9. The van der Waals surface area contributed by atoms with Gasteiger partial charge >= 0.3 is 0 Å². The molecular weight excluding hydrogens is 298 g/mol. The van der Waals surface area contributed by atoms with Crippen molar-refractivity contribution in [1.82, 2.24) is 20.2 Å². The van der Waals surface area contributed by atoms with Crippen LogP contribution in [-0.2, 0) is 4.79 Å². The number of primary amides is 1. The molecule has 0 bridgehead atoms. The number of carbonyl (C=O) groups is 1. The van der Waals surface area contributed by atoms with Crippen molar-refractivity contribution in [3.8, 4) is 5.69 Å². The van der Waals surface area contributed by atoms with E-state index in [2.05, 4.69) is 29.4 Å². The van der Waals surface area contributed by atoms with E-state index in [1.54, 1.807) is 16.4 Å². The van der Waals surface area contributed by atoms with Gasteiger partial charge < -0.3 is 5.73 Å². The summed E-state index contributed by atoms with van der Waals surface area (Å²) in [4.78, 5) is 11.5. The lowest BCUT2D eigenvalue weighted by molar-refractivity contribution is -0.122. The summed E-state index contributed by atoms with van der Waals surface area (Å²) in [6.07, 6.45) is 1.42. The van der Waals surface area contributed by atoms with Gasteiger partial charge in [-0.1, -0.05) is 50.7 Å². The zero-order valence-electron chi connectivity index (χ0n) is 13.1. The van der Waals surface area contributed by atoms with Crippen LogP contribution in [0.3, 0.4) is 0 Å². The molecule has 6 nitrogen and oxygen atoms in total. The maximum atomic E-state index is 11.5. The molecule has 2 aromatic rings. The first kappa shape index (κ1) is 16.5. The molecule has 0 aliphatic rings. The van der Waals surface area contributed by atoms with E-state index in [1.165, 1.54) is 0 Å². The summed E-state index contributed by atoms with van der Waals surface area (Å²) < 4.78 is 1.51. The van der Waals surface area contributed by atoms with E-state index >= 15 is 0 Å². The number of carbonyl (C=O) groups excluding carboxylic acids is 1.